The quantitative estimate of drug-likeness (QED) is 0.893. The van der Waals surface area contributed by atoms with Crippen LogP contribution in [0.15, 0.2) is 22.7 Å². The minimum Gasteiger partial charge on any atom is -0.371 e. The van der Waals surface area contributed by atoms with E-state index in [1.807, 2.05) is 6.92 Å². The second-order valence-corrected chi connectivity index (χ2v) is 4.93. The van der Waals surface area contributed by atoms with Gasteiger partial charge in [0.25, 0.3) is 0 Å². The Morgan fingerprint density at radius 3 is 2.50 bits per heavy atom. The van der Waals surface area contributed by atoms with Crippen LogP contribution in [0.3, 0.4) is 0 Å². The highest BCUT2D eigenvalue weighted by molar-refractivity contribution is 9.10. The molecule has 0 aliphatic heterocycles. The molecule has 0 heterocycles. The number of hydrogen-bond acceptors (Lipinski definition) is 2. The van der Waals surface area contributed by atoms with Crippen LogP contribution < -0.4 is 10.6 Å². The van der Waals surface area contributed by atoms with Gasteiger partial charge in [-0.25, -0.2) is 0 Å². The molecule has 1 atom stereocenters. The molecule has 0 saturated heterocycles. The van der Waals surface area contributed by atoms with Crippen LogP contribution in [0, 0.1) is 0 Å². The smallest absolute Gasteiger partial charge is 0.0510 e. The minimum absolute atomic E-state index is 0.0894. The van der Waals surface area contributed by atoms with Crippen molar-refractivity contribution in [2.24, 2.45) is 5.73 Å². The van der Waals surface area contributed by atoms with Gasteiger partial charge in [-0.1, -0.05) is 13.0 Å². The summed E-state index contributed by atoms with van der Waals surface area (Å²) in [7, 11) is 0. The van der Waals surface area contributed by atoms with E-state index in [0.29, 0.717) is 0 Å². The molecule has 0 fully saturated rings. The molecule has 0 amide bonds. The normalized spacial score (nSPS) is 12.6. The summed E-state index contributed by atoms with van der Waals surface area (Å²) in [6.07, 6.45) is 1.16. The molecule has 0 saturated carbocycles. The van der Waals surface area contributed by atoms with Crippen molar-refractivity contribution < 1.29 is 0 Å². The fraction of sp³-hybridized carbons (Fsp3) is 0.538. The Morgan fingerprint density at radius 2 is 2.06 bits per heavy atom. The van der Waals surface area contributed by atoms with E-state index in [0.717, 1.165) is 24.0 Å². The summed E-state index contributed by atoms with van der Waals surface area (Å²) < 4.78 is 1.14. The predicted molar refractivity (Wildman–Crippen MR) is 74.9 cm³/mol. The van der Waals surface area contributed by atoms with Crippen molar-refractivity contribution in [3.63, 3.8) is 0 Å². The molecule has 0 aliphatic carbocycles. The monoisotopic (exact) mass is 284 g/mol. The zero-order valence-corrected chi connectivity index (χ0v) is 11.9. The Labute approximate surface area is 107 Å². The Kier molecular flexibility index (Phi) is 5.29. The van der Waals surface area contributed by atoms with Crippen molar-refractivity contribution >= 4 is 21.6 Å². The molecule has 0 bridgehead atoms. The number of nitrogens with zero attached hydrogens (tertiary/aromatic N) is 1. The van der Waals surface area contributed by atoms with E-state index in [4.69, 9.17) is 5.73 Å². The summed E-state index contributed by atoms with van der Waals surface area (Å²) in [4.78, 5) is 2.37. The first-order valence-electron chi connectivity index (χ1n) is 5.90. The molecule has 0 spiro atoms. The summed E-state index contributed by atoms with van der Waals surface area (Å²) in [5.41, 5.74) is 8.29. The van der Waals surface area contributed by atoms with Crippen LogP contribution in [-0.2, 0) is 0 Å². The van der Waals surface area contributed by atoms with Crippen LogP contribution in [0.2, 0.25) is 0 Å². The van der Waals surface area contributed by atoms with Gasteiger partial charge in [0.2, 0.25) is 0 Å². The van der Waals surface area contributed by atoms with Gasteiger partial charge in [-0.2, -0.15) is 0 Å². The zero-order chi connectivity index (χ0) is 12.1. The average Bonchev–Trinajstić information content (AvgIpc) is 2.26. The van der Waals surface area contributed by atoms with Crippen LogP contribution in [0.25, 0.3) is 0 Å². The maximum Gasteiger partial charge on any atom is 0.0510 e. The summed E-state index contributed by atoms with van der Waals surface area (Å²) in [5.74, 6) is 0. The first-order chi connectivity index (χ1) is 7.60. The van der Waals surface area contributed by atoms with Gasteiger partial charge in [-0.3, -0.25) is 0 Å². The summed E-state index contributed by atoms with van der Waals surface area (Å²) in [5, 5.41) is 0. The highest BCUT2D eigenvalue weighted by Crippen LogP contribution is 2.29. The maximum atomic E-state index is 5.87. The van der Waals surface area contributed by atoms with E-state index in [2.05, 4.69) is 52.9 Å². The lowest BCUT2D eigenvalue weighted by Crippen LogP contribution is -2.23. The first kappa shape index (κ1) is 13.5. The largest absolute Gasteiger partial charge is 0.371 e. The van der Waals surface area contributed by atoms with E-state index in [9.17, 15) is 0 Å². The van der Waals surface area contributed by atoms with Crippen LogP contribution in [-0.4, -0.2) is 13.1 Å². The molecule has 0 aliphatic rings. The van der Waals surface area contributed by atoms with Gasteiger partial charge >= 0.3 is 0 Å². The Morgan fingerprint density at radius 1 is 1.38 bits per heavy atom. The number of benzene rings is 1. The van der Waals surface area contributed by atoms with Gasteiger partial charge < -0.3 is 10.6 Å². The summed E-state index contributed by atoms with van der Waals surface area (Å²) in [6.45, 7) is 8.51. The molecule has 0 aromatic heterocycles. The van der Waals surface area contributed by atoms with Crippen molar-refractivity contribution in [1.29, 1.82) is 0 Å². The van der Waals surface area contributed by atoms with E-state index in [1.54, 1.807) is 0 Å². The molecule has 0 radical (unpaired) electrons. The molecule has 3 heteroatoms. The number of halogens is 1. The van der Waals surface area contributed by atoms with Gasteiger partial charge in [0, 0.05) is 23.6 Å². The Bertz CT molecular complexity index is 337. The number of hydrogen-bond donors (Lipinski definition) is 1. The molecular formula is C13H21BrN2. The molecule has 1 aromatic carbocycles. The van der Waals surface area contributed by atoms with Crippen molar-refractivity contribution in [3.05, 3.63) is 28.2 Å². The third-order valence-corrected chi connectivity index (χ3v) is 3.35. The molecule has 1 aromatic rings. The van der Waals surface area contributed by atoms with E-state index >= 15 is 0 Å². The van der Waals surface area contributed by atoms with Crippen molar-refractivity contribution in [2.45, 2.75) is 33.2 Å². The fourth-order valence-corrected chi connectivity index (χ4v) is 2.43. The van der Waals surface area contributed by atoms with Gasteiger partial charge in [0.05, 0.1) is 5.69 Å². The number of nitrogens with two attached hydrogens (primary N) is 1. The van der Waals surface area contributed by atoms with Gasteiger partial charge in [0.15, 0.2) is 0 Å². The highest BCUT2D eigenvalue weighted by Gasteiger charge is 2.09. The minimum atomic E-state index is 0.0894. The maximum absolute atomic E-state index is 5.87. The van der Waals surface area contributed by atoms with E-state index in [-0.39, 0.29) is 6.04 Å². The lowest BCUT2D eigenvalue weighted by molar-refractivity contribution is 0.785. The topological polar surface area (TPSA) is 29.3 Å². The summed E-state index contributed by atoms with van der Waals surface area (Å²) in [6, 6.07) is 6.48. The van der Waals surface area contributed by atoms with Crippen LogP contribution in [0.5, 0.6) is 0 Å². The molecule has 2 nitrogen and oxygen atoms in total. The average molecular weight is 285 g/mol. The Balaban J connectivity index is 2.96. The van der Waals surface area contributed by atoms with Crippen LogP contribution in [0.4, 0.5) is 5.69 Å². The fourth-order valence-electron chi connectivity index (χ4n) is 1.78. The molecule has 0 unspecified atom stereocenters. The van der Waals surface area contributed by atoms with Crippen molar-refractivity contribution in [3.8, 4) is 0 Å². The zero-order valence-electron chi connectivity index (χ0n) is 10.3. The van der Waals surface area contributed by atoms with Gasteiger partial charge in [-0.05, 0) is 53.9 Å². The molecule has 90 valence electrons. The third-order valence-electron chi connectivity index (χ3n) is 2.71. The van der Waals surface area contributed by atoms with Crippen LogP contribution >= 0.6 is 15.9 Å². The molecule has 2 N–H and O–H groups in total. The highest BCUT2D eigenvalue weighted by atomic mass is 79.9. The van der Waals surface area contributed by atoms with Gasteiger partial charge in [0.1, 0.15) is 0 Å². The van der Waals surface area contributed by atoms with Crippen molar-refractivity contribution in [2.75, 3.05) is 18.0 Å². The number of anilines is 1. The second-order valence-electron chi connectivity index (χ2n) is 4.08. The third kappa shape index (κ3) is 3.22. The SMILES string of the molecule is CCCN(CC)c1ccc([C@@H](C)N)cc1Br. The first-order valence-corrected chi connectivity index (χ1v) is 6.69. The second kappa shape index (κ2) is 6.26. The summed E-state index contributed by atoms with van der Waals surface area (Å²) >= 11 is 3.63. The van der Waals surface area contributed by atoms with Crippen LogP contribution in [0.1, 0.15) is 38.8 Å². The molecule has 1 rings (SSSR count). The number of rotatable bonds is 5. The van der Waals surface area contributed by atoms with E-state index in [1.165, 1.54) is 11.3 Å². The standard InChI is InChI=1S/C13H21BrN2/c1-4-8-16(5-2)13-7-6-11(10(3)15)9-12(13)14/h6-7,9-10H,4-5,8,15H2,1-3H3/t10-/m1/s1. The Hall–Kier alpha value is -0.540. The molecule has 16 heavy (non-hydrogen) atoms. The lowest BCUT2D eigenvalue weighted by atomic mass is 10.1. The van der Waals surface area contributed by atoms with Gasteiger partial charge in [-0.15, -0.1) is 0 Å². The lowest BCUT2D eigenvalue weighted by Gasteiger charge is -2.24. The predicted octanol–water partition coefficient (Wildman–Crippen LogP) is 3.71. The van der Waals surface area contributed by atoms with E-state index < -0.39 is 0 Å². The molecular weight excluding hydrogens is 264 g/mol. The van der Waals surface area contributed by atoms with Crippen molar-refractivity contribution in [1.82, 2.24) is 0 Å².